The highest BCUT2D eigenvalue weighted by molar-refractivity contribution is 5.29. The van der Waals surface area contributed by atoms with Crippen molar-refractivity contribution in [3.05, 3.63) is 29.6 Å². The van der Waals surface area contributed by atoms with Crippen LogP contribution in [0.4, 0.5) is 4.39 Å². The second-order valence-corrected chi connectivity index (χ2v) is 4.07. The van der Waals surface area contributed by atoms with Crippen molar-refractivity contribution in [3.63, 3.8) is 0 Å². The lowest BCUT2D eigenvalue weighted by Gasteiger charge is -2.10. The standard InChI is InChI=1S/C13H19FO/c1-4-5-10(2)8-11-6-7-13(15-3)12(14)9-11/h6-7,9-10H,4-5,8H2,1-3H3/t10-/m0/s1. The van der Waals surface area contributed by atoms with Crippen LogP contribution in [0.1, 0.15) is 32.3 Å². The van der Waals surface area contributed by atoms with E-state index in [0.717, 1.165) is 12.0 Å². The molecule has 1 aromatic carbocycles. The van der Waals surface area contributed by atoms with Crippen LogP contribution < -0.4 is 4.74 Å². The van der Waals surface area contributed by atoms with E-state index >= 15 is 0 Å². The lowest BCUT2D eigenvalue weighted by Crippen LogP contribution is -2.00. The maximum Gasteiger partial charge on any atom is 0.165 e. The summed E-state index contributed by atoms with van der Waals surface area (Å²) in [6.45, 7) is 4.37. The van der Waals surface area contributed by atoms with Crippen molar-refractivity contribution in [2.24, 2.45) is 5.92 Å². The molecule has 1 nitrogen and oxygen atoms in total. The molecule has 0 N–H and O–H groups in total. The third-order valence-corrected chi connectivity index (χ3v) is 2.58. The van der Waals surface area contributed by atoms with Gasteiger partial charge < -0.3 is 4.74 Å². The molecule has 0 bridgehead atoms. The van der Waals surface area contributed by atoms with Crippen LogP contribution in [0.5, 0.6) is 5.75 Å². The second kappa shape index (κ2) is 5.74. The molecule has 15 heavy (non-hydrogen) atoms. The predicted octanol–water partition coefficient (Wildman–Crippen LogP) is 3.81. The molecule has 0 aliphatic rings. The van der Waals surface area contributed by atoms with Gasteiger partial charge in [0, 0.05) is 0 Å². The van der Waals surface area contributed by atoms with Gasteiger partial charge in [0.2, 0.25) is 0 Å². The fourth-order valence-electron chi connectivity index (χ4n) is 1.83. The number of ether oxygens (including phenoxy) is 1. The van der Waals surface area contributed by atoms with Crippen molar-refractivity contribution in [1.82, 2.24) is 0 Å². The van der Waals surface area contributed by atoms with E-state index in [1.54, 1.807) is 12.1 Å². The number of halogens is 1. The van der Waals surface area contributed by atoms with Crippen LogP contribution in [0.15, 0.2) is 18.2 Å². The van der Waals surface area contributed by atoms with E-state index in [9.17, 15) is 4.39 Å². The van der Waals surface area contributed by atoms with Gasteiger partial charge in [-0.25, -0.2) is 4.39 Å². The molecule has 0 fully saturated rings. The zero-order chi connectivity index (χ0) is 11.3. The molecule has 1 atom stereocenters. The van der Waals surface area contributed by atoms with Crippen LogP contribution in [-0.4, -0.2) is 7.11 Å². The van der Waals surface area contributed by atoms with Crippen LogP contribution in [-0.2, 0) is 6.42 Å². The number of benzene rings is 1. The Kier molecular flexibility index (Phi) is 4.60. The molecule has 0 aliphatic heterocycles. The van der Waals surface area contributed by atoms with E-state index in [2.05, 4.69) is 13.8 Å². The Balaban J connectivity index is 2.66. The summed E-state index contributed by atoms with van der Waals surface area (Å²) < 4.78 is 18.2. The normalized spacial score (nSPS) is 12.5. The molecule has 0 unspecified atom stereocenters. The van der Waals surface area contributed by atoms with Crippen LogP contribution in [0, 0.1) is 11.7 Å². The third-order valence-electron chi connectivity index (χ3n) is 2.58. The quantitative estimate of drug-likeness (QED) is 0.718. The van der Waals surface area contributed by atoms with E-state index in [1.165, 1.54) is 20.0 Å². The first kappa shape index (κ1) is 12.0. The molecule has 2 heteroatoms. The van der Waals surface area contributed by atoms with Gasteiger partial charge >= 0.3 is 0 Å². The van der Waals surface area contributed by atoms with Gasteiger partial charge in [0.05, 0.1) is 7.11 Å². The molecule has 0 saturated carbocycles. The highest BCUT2D eigenvalue weighted by atomic mass is 19.1. The Morgan fingerprint density at radius 1 is 1.40 bits per heavy atom. The van der Waals surface area contributed by atoms with Gasteiger partial charge in [-0.05, 0) is 30.0 Å². The largest absolute Gasteiger partial charge is 0.494 e. The molecule has 0 saturated heterocycles. The summed E-state index contributed by atoms with van der Waals surface area (Å²) in [6, 6.07) is 5.21. The lowest BCUT2D eigenvalue weighted by atomic mass is 9.97. The topological polar surface area (TPSA) is 9.23 Å². The molecule has 0 heterocycles. The van der Waals surface area contributed by atoms with E-state index in [-0.39, 0.29) is 5.82 Å². The van der Waals surface area contributed by atoms with Gasteiger partial charge in [-0.15, -0.1) is 0 Å². The summed E-state index contributed by atoms with van der Waals surface area (Å²) in [5.74, 6) is 0.670. The highest BCUT2D eigenvalue weighted by Gasteiger charge is 2.06. The molecule has 0 aromatic heterocycles. The fourth-order valence-corrected chi connectivity index (χ4v) is 1.83. The molecule has 84 valence electrons. The van der Waals surface area contributed by atoms with Crippen molar-refractivity contribution in [3.8, 4) is 5.75 Å². The van der Waals surface area contributed by atoms with E-state index in [4.69, 9.17) is 4.74 Å². The Hall–Kier alpha value is -1.05. The van der Waals surface area contributed by atoms with Crippen LogP contribution >= 0.6 is 0 Å². The average molecular weight is 210 g/mol. The minimum absolute atomic E-state index is 0.265. The van der Waals surface area contributed by atoms with Gasteiger partial charge in [-0.3, -0.25) is 0 Å². The Morgan fingerprint density at radius 2 is 2.13 bits per heavy atom. The summed E-state index contributed by atoms with van der Waals surface area (Å²) >= 11 is 0. The first-order chi connectivity index (χ1) is 7.17. The molecule has 0 amide bonds. The van der Waals surface area contributed by atoms with E-state index < -0.39 is 0 Å². The monoisotopic (exact) mass is 210 g/mol. The summed E-state index contributed by atoms with van der Waals surface area (Å²) in [7, 11) is 1.48. The molecule has 0 aliphatic carbocycles. The van der Waals surface area contributed by atoms with Gasteiger partial charge in [-0.1, -0.05) is 32.8 Å². The van der Waals surface area contributed by atoms with Crippen LogP contribution in [0.25, 0.3) is 0 Å². The first-order valence-corrected chi connectivity index (χ1v) is 5.49. The predicted molar refractivity (Wildman–Crippen MR) is 60.7 cm³/mol. The minimum atomic E-state index is -0.265. The second-order valence-electron chi connectivity index (χ2n) is 4.07. The number of hydrogen-bond donors (Lipinski definition) is 0. The number of hydrogen-bond acceptors (Lipinski definition) is 1. The minimum Gasteiger partial charge on any atom is -0.494 e. The van der Waals surface area contributed by atoms with Gasteiger partial charge in [0.15, 0.2) is 11.6 Å². The Morgan fingerprint density at radius 3 is 2.67 bits per heavy atom. The van der Waals surface area contributed by atoms with Gasteiger partial charge in [0.1, 0.15) is 0 Å². The number of rotatable bonds is 5. The van der Waals surface area contributed by atoms with Crippen LogP contribution in [0.3, 0.4) is 0 Å². The first-order valence-electron chi connectivity index (χ1n) is 5.49. The lowest BCUT2D eigenvalue weighted by molar-refractivity contribution is 0.385. The van der Waals surface area contributed by atoms with Crippen molar-refractivity contribution in [2.45, 2.75) is 33.1 Å². The summed E-state index contributed by atoms with van der Waals surface area (Å²) in [5, 5.41) is 0. The van der Waals surface area contributed by atoms with E-state index in [0.29, 0.717) is 11.7 Å². The molecule has 1 aromatic rings. The zero-order valence-electron chi connectivity index (χ0n) is 9.72. The van der Waals surface area contributed by atoms with E-state index in [1.807, 2.05) is 6.07 Å². The Labute approximate surface area is 91.3 Å². The average Bonchev–Trinajstić information content (AvgIpc) is 2.18. The molecule has 0 radical (unpaired) electrons. The number of methoxy groups -OCH3 is 1. The molecule has 1 rings (SSSR count). The molecule has 0 spiro atoms. The Bertz CT molecular complexity index is 309. The SMILES string of the molecule is CCC[C@H](C)Cc1ccc(OC)c(F)c1. The van der Waals surface area contributed by atoms with Crippen LogP contribution in [0.2, 0.25) is 0 Å². The maximum absolute atomic E-state index is 13.4. The maximum atomic E-state index is 13.4. The zero-order valence-corrected chi connectivity index (χ0v) is 9.72. The smallest absolute Gasteiger partial charge is 0.165 e. The van der Waals surface area contributed by atoms with Crippen molar-refractivity contribution >= 4 is 0 Å². The molecular weight excluding hydrogens is 191 g/mol. The van der Waals surface area contributed by atoms with Crippen molar-refractivity contribution in [2.75, 3.05) is 7.11 Å². The molecular formula is C13H19FO. The summed E-state index contributed by atoms with van der Waals surface area (Å²) in [5.41, 5.74) is 1.05. The van der Waals surface area contributed by atoms with Gasteiger partial charge in [-0.2, -0.15) is 0 Å². The third kappa shape index (κ3) is 3.54. The highest BCUT2D eigenvalue weighted by Crippen LogP contribution is 2.20. The summed E-state index contributed by atoms with van der Waals surface area (Å²) in [6.07, 6.45) is 3.31. The van der Waals surface area contributed by atoms with Crippen molar-refractivity contribution in [1.29, 1.82) is 0 Å². The summed E-state index contributed by atoms with van der Waals surface area (Å²) in [4.78, 5) is 0. The fraction of sp³-hybridized carbons (Fsp3) is 0.538. The van der Waals surface area contributed by atoms with Crippen molar-refractivity contribution < 1.29 is 9.13 Å². The van der Waals surface area contributed by atoms with Gasteiger partial charge in [0.25, 0.3) is 0 Å².